The second-order valence-electron chi connectivity index (χ2n) is 3.94. The molecule has 3 rings (SSSR count). The molecule has 0 aliphatic carbocycles. The van der Waals surface area contributed by atoms with Gasteiger partial charge in [0.1, 0.15) is 11.8 Å². The van der Waals surface area contributed by atoms with Crippen molar-refractivity contribution in [3.63, 3.8) is 0 Å². The molecule has 0 aliphatic rings. The van der Waals surface area contributed by atoms with Crippen LogP contribution in [0.25, 0.3) is 10.9 Å². The van der Waals surface area contributed by atoms with Gasteiger partial charge < -0.3 is 9.84 Å². The van der Waals surface area contributed by atoms with Gasteiger partial charge in [-0.1, -0.05) is 6.07 Å². The molecular weight excluding hydrogens is 286 g/mol. The Hall–Kier alpha value is -2.34. The zero-order valence-corrected chi connectivity index (χ0v) is 12.5. The van der Waals surface area contributed by atoms with Crippen LogP contribution in [0, 0.1) is 0 Å². The summed E-state index contributed by atoms with van der Waals surface area (Å²) >= 11 is 1.62. The van der Waals surface area contributed by atoms with Gasteiger partial charge in [0.2, 0.25) is 0 Å². The van der Waals surface area contributed by atoms with Gasteiger partial charge in [-0.2, -0.15) is 0 Å². The number of methoxy groups -OCH3 is 1. The van der Waals surface area contributed by atoms with Gasteiger partial charge >= 0.3 is 0 Å². The average Bonchev–Trinajstić information content (AvgIpc) is 2.57. The Morgan fingerprint density at radius 2 is 1.95 bits per heavy atom. The molecule has 3 aromatic rings. The Kier molecular flexibility index (Phi) is 5.34. The molecule has 0 saturated carbocycles. The minimum atomic E-state index is 0.0978. The van der Waals surface area contributed by atoms with Crippen molar-refractivity contribution in [2.75, 3.05) is 13.4 Å². The Labute approximate surface area is 127 Å². The lowest BCUT2D eigenvalue weighted by Gasteiger charge is -2.04. The number of pyridine rings is 1. The summed E-state index contributed by atoms with van der Waals surface area (Å²) in [7, 11) is 1.52. The van der Waals surface area contributed by atoms with E-state index >= 15 is 0 Å². The third kappa shape index (κ3) is 3.82. The van der Waals surface area contributed by atoms with Gasteiger partial charge in [0.15, 0.2) is 11.5 Å². The summed E-state index contributed by atoms with van der Waals surface area (Å²) in [6.07, 6.45) is 6.91. The average molecular weight is 301 g/mol. The molecule has 0 aliphatic heterocycles. The van der Waals surface area contributed by atoms with Crippen LogP contribution in [0.3, 0.4) is 0 Å². The maximum Gasteiger partial charge on any atom is 0.184 e. The van der Waals surface area contributed by atoms with Crippen molar-refractivity contribution in [3.05, 3.63) is 49.1 Å². The standard InChI is InChI=1S/C10H9NO2.C5H6N2S/c1-13-8-5-4-7-3-2-6-11-9(7)10(8)12;1-8-5-2-3-6-4-7-5/h2-6,12H,1H3;2-4H,1H3. The van der Waals surface area contributed by atoms with Crippen molar-refractivity contribution in [1.82, 2.24) is 15.0 Å². The van der Waals surface area contributed by atoms with Gasteiger partial charge in [-0.05, 0) is 30.5 Å². The van der Waals surface area contributed by atoms with Crippen molar-refractivity contribution in [2.24, 2.45) is 0 Å². The van der Waals surface area contributed by atoms with Crippen LogP contribution in [0.4, 0.5) is 0 Å². The lowest BCUT2D eigenvalue weighted by Crippen LogP contribution is -1.85. The molecule has 1 aromatic carbocycles. The summed E-state index contributed by atoms with van der Waals surface area (Å²) in [5.41, 5.74) is 0.571. The number of aromatic hydroxyl groups is 1. The molecule has 2 heterocycles. The van der Waals surface area contributed by atoms with E-state index in [4.69, 9.17) is 4.74 Å². The number of nitrogens with zero attached hydrogens (tertiary/aromatic N) is 3. The maximum atomic E-state index is 9.66. The van der Waals surface area contributed by atoms with Crippen molar-refractivity contribution in [3.8, 4) is 11.5 Å². The highest BCUT2D eigenvalue weighted by Gasteiger charge is 2.06. The highest BCUT2D eigenvalue weighted by molar-refractivity contribution is 7.98. The normalized spacial score (nSPS) is 9.81. The minimum absolute atomic E-state index is 0.0978. The van der Waals surface area contributed by atoms with Gasteiger partial charge in [0, 0.05) is 17.8 Å². The van der Waals surface area contributed by atoms with Crippen LogP contribution in [0.2, 0.25) is 0 Å². The molecule has 2 aromatic heterocycles. The molecule has 108 valence electrons. The molecule has 0 atom stereocenters. The molecular formula is C15H15N3O2S. The molecule has 0 fully saturated rings. The Balaban J connectivity index is 0.000000173. The summed E-state index contributed by atoms with van der Waals surface area (Å²) in [4.78, 5) is 11.8. The van der Waals surface area contributed by atoms with E-state index in [0.717, 1.165) is 10.4 Å². The Morgan fingerprint density at radius 1 is 1.10 bits per heavy atom. The molecule has 0 saturated heterocycles. The zero-order chi connectivity index (χ0) is 15.1. The molecule has 6 heteroatoms. The van der Waals surface area contributed by atoms with E-state index in [1.54, 1.807) is 36.5 Å². The van der Waals surface area contributed by atoms with E-state index in [1.165, 1.54) is 7.11 Å². The smallest absolute Gasteiger partial charge is 0.184 e. The van der Waals surface area contributed by atoms with Crippen LogP contribution in [-0.2, 0) is 0 Å². The molecule has 1 N–H and O–H groups in total. The number of phenols is 1. The molecule has 0 amide bonds. The van der Waals surface area contributed by atoms with E-state index in [2.05, 4.69) is 15.0 Å². The predicted octanol–water partition coefficient (Wildman–Crippen LogP) is 3.15. The quantitative estimate of drug-likeness (QED) is 0.579. The molecule has 0 unspecified atom stereocenters. The summed E-state index contributed by atoms with van der Waals surface area (Å²) in [6.45, 7) is 0. The SMILES string of the molecule is COc1ccc2cccnc2c1O.CSc1ccncn1. The lowest BCUT2D eigenvalue weighted by molar-refractivity contribution is 0.376. The van der Waals surface area contributed by atoms with Gasteiger partial charge in [0.25, 0.3) is 0 Å². The van der Waals surface area contributed by atoms with Gasteiger partial charge in [-0.3, -0.25) is 4.98 Å². The third-order valence-electron chi connectivity index (χ3n) is 2.69. The zero-order valence-electron chi connectivity index (χ0n) is 11.7. The van der Waals surface area contributed by atoms with E-state index in [-0.39, 0.29) is 5.75 Å². The Morgan fingerprint density at radius 3 is 2.57 bits per heavy atom. The van der Waals surface area contributed by atoms with Crippen molar-refractivity contribution in [1.29, 1.82) is 0 Å². The van der Waals surface area contributed by atoms with Crippen LogP contribution in [0.1, 0.15) is 0 Å². The highest BCUT2D eigenvalue weighted by atomic mass is 32.2. The van der Waals surface area contributed by atoms with E-state index in [1.807, 2.05) is 30.5 Å². The summed E-state index contributed by atoms with van der Waals surface area (Å²) in [5, 5.41) is 11.6. The van der Waals surface area contributed by atoms with Crippen LogP contribution < -0.4 is 4.74 Å². The van der Waals surface area contributed by atoms with Crippen LogP contribution in [0.5, 0.6) is 11.5 Å². The fourth-order valence-corrected chi connectivity index (χ4v) is 2.02. The second-order valence-corrected chi connectivity index (χ2v) is 4.77. The van der Waals surface area contributed by atoms with Crippen molar-refractivity contribution in [2.45, 2.75) is 5.03 Å². The summed E-state index contributed by atoms with van der Waals surface area (Å²) in [5.74, 6) is 0.548. The third-order valence-corrected chi connectivity index (χ3v) is 3.35. The first kappa shape index (κ1) is 15.1. The number of fused-ring (bicyclic) bond motifs is 1. The first-order valence-corrected chi connectivity index (χ1v) is 7.39. The van der Waals surface area contributed by atoms with E-state index in [9.17, 15) is 5.11 Å². The fourth-order valence-electron chi connectivity index (χ4n) is 1.68. The van der Waals surface area contributed by atoms with Crippen LogP contribution >= 0.6 is 11.8 Å². The molecule has 0 bridgehead atoms. The number of thioether (sulfide) groups is 1. The number of ether oxygens (including phenoxy) is 1. The van der Waals surface area contributed by atoms with Crippen molar-refractivity contribution >= 4 is 22.7 Å². The number of benzene rings is 1. The van der Waals surface area contributed by atoms with Gasteiger partial charge in [0.05, 0.1) is 12.1 Å². The van der Waals surface area contributed by atoms with Crippen LogP contribution in [-0.4, -0.2) is 33.4 Å². The summed E-state index contributed by atoms with van der Waals surface area (Å²) < 4.78 is 4.96. The topological polar surface area (TPSA) is 68.1 Å². The van der Waals surface area contributed by atoms with Gasteiger partial charge in [-0.15, -0.1) is 11.8 Å². The highest BCUT2D eigenvalue weighted by Crippen LogP contribution is 2.32. The number of rotatable bonds is 2. The molecule has 21 heavy (non-hydrogen) atoms. The number of aromatic nitrogens is 3. The van der Waals surface area contributed by atoms with Gasteiger partial charge in [-0.25, -0.2) is 9.97 Å². The first-order chi connectivity index (χ1) is 10.3. The Bertz CT molecular complexity index is 708. The number of hydrogen-bond acceptors (Lipinski definition) is 6. The largest absolute Gasteiger partial charge is 0.503 e. The first-order valence-electron chi connectivity index (χ1n) is 6.17. The second kappa shape index (κ2) is 7.44. The number of hydrogen-bond donors (Lipinski definition) is 1. The van der Waals surface area contributed by atoms with Crippen LogP contribution in [0.15, 0.2) is 54.1 Å². The monoisotopic (exact) mass is 301 g/mol. The molecule has 5 nitrogen and oxygen atoms in total. The molecule has 0 radical (unpaired) electrons. The van der Waals surface area contributed by atoms with E-state index in [0.29, 0.717) is 11.3 Å². The fraction of sp³-hybridized carbons (Fsp3) is 0.133. The summed E-state index contributed by atoms with van der Waals surface area (Å²) in [6, 6.07) is 9.18. The maximum absolute atomic E-state index is 9.66. The molecule has 0 spiro atoms. The predicted molar refractivity (Wildman–Crippen MR) is 83.8 cm³/mol. The number of phenolic OH excluding ortho intramolecular Hbond substituents is 1. The van der Waals surface area contributed by atoms with Crippen molar-refractivity contribution < 1.29 is 9.84 Å². The minimum Gasteiger partial charge on any atom is -0.503 e. The van der Waals surface area contributed by atoms with E-state index < -0.39 is 0 Å². The lowest BCUT2D eigenvalue weighted by atomic mass is 10.2.